The molecule has 6 nitrogen and oxygen atoms in total. The van der Waals surface area contributed by atoms with Crippen molar-refractivity contribution in [1.29, 1.82) is 0 Å². The second-order valence-electron chi connectivity index (χ2n) is 8.46. The largest absolute Gasteiger partial charge is 0.449 e. The Morgan fingerprint density at radius 3 is 2.30 bits per heavy atom. The molecule has 0 saturated heterocycles. The number of rotatable bonds is 6. The fourth-order valence-corrected chi connectivity index (χ4v) is 4.79. The van der Waals surface area contributed by atoms with Crippen molar-refractivity contribution in [2.75, 3.05) is 6.54 Å². The first-order valence-corrected chi connectivity index (χ1v) is 11.5. The maximum atomic E-state index is 14.1. The number of nitrogens with two attached hydrogens (primary N) is 1. The lowest BCUT2D eigenvalue weighted by molar-refractivity contribution is -0.146. The van der Waals surface area contributed by atoms with Gasteiger partial charge in [0.15, 0.2) is 0 Å². The monoisotopic (exact) mass is 484 g/mol. The summed E-state index contributed by atoms with van der Waals surface area (Å²) in [5, 5.41) is 0. The number of nitrogens with one attached hydrogen (secondary N) is 1. The van der Waals surface area contributed by atoms with Crippen molar-refractivity contribution in [2.45, 2.75) is 43.9 Å². The van der Waals surface area contributed by atoms with Crippen LogP contribution in [0.2, 0.25) is 0 Å². The molecule has 0 unspecified atom stereocenters. The van der Waals surface area contributed by atoms with E-state index in [1.54, 1.807) is 26.8 Å². The highest BCUT2D eigenvalue weighted by Gasteiger charge is 2.38. The highest BCUT2D eigenvalue weighted by molar-refractivity contribution is 7.89. The zero-order valence-corrected chi connectivity index (χ0v) is 19.1. The van der Waals surface area contributed by atoms with Crippen LogP contribution in [0.25, 0.3) is 22.2 Å². The number of sulfonamides is 1. The first kappa shape index (κ1) is 24.9. The molecule has 0 aliphatic carbocycles. The maximum absolute atomic E-state index is 14.1. The number of allylic oxidation sites excluding steroid dienone is 1. The van der Waals surface area contributed by atoms with Gasteiger partial charge in [0.05, 0.1) is 22.5 Å². The van der Waals surface area contributed by atoms with Crippen molar-refractivity contribution >= 4 is 21.1 Å². The number of halogens is 4. The Bertz CT molecular complexity index is 1290. The van der Waals surface area contributed by atoms with E-state index in [9.17, 15) is 26.0 Å². The minimum absolute atomic E-state index is 0.0175. The maximum Gasteiger partial charge on any atom is 0.449 e. The first-order chi connectivity index (χ1) is 15.2. The van der Waals surface area contributed by atoms with Crippen LogP contribution in [0.5, 0.6) is 0 Å². The summed E-state index contributed by atoms with van der Waals surface area (Å²) in [5.41, 5.74) is 5.51. The molecule has 2 aromatic carbocycles. The van der Waals surface area contributed by atoms with Crippen LogP contribution in [-0.4, -0.2) is 30.1 Å². The Morgan fingerprint density at radius 2 is 1.76 bits per heavy atom. The summed E-state index contributed by atoms with van der Waals surface area (Å²) >= 11 is 0. The van der Waals surface area contributed by atoms with Crippen LogP contribution in [-0.2, 0) is 22.7 Å². The molecule has 178 valence electrons. The smallest absolute Gasteiger partial charge is 0.327 e. The lowest BCUT2D eigenvalue weighted by Gasteiger charge is -2.20. The summed E-state index contributed by atoms with van der Waals surface area (Å²) < 4.78 is 83.4. The molecule has 3 rings (SSSR count). The Labute approximate surface area is 189 Å². The summed E-state index contributed by atoms with van der Waals surface area (Å²) in [6.07, 6.45) is -3.81. The van der Waals surface area contributed by atoms with Gasteiger partial charge in [-0.05, 0) is 50.6 Å². The van der Waals surface area contributed by atoms with Crippen molar-refractivity contribution in [3.63, 3.8) is 0 Å². The molecular formula is C22H24F4N4O2S. The predicted molar refractivity (Wildman–Crippen MR) is 118 cm³/mol. The fourth-order valence-electron chi connectivity index (χ4n) is 3.38. The van der Waals surface area contributed by atoms with Gasteiger partial charge < -0.3 is 10.3 Å². The van der Waals surface area contributed by atoms with Crippen LogP contribution >= 0.6 is 0 Å². The van der Waals surface area contributed by atoms with E-state index in [4.69, 9.17) is 5.73 Å². The van der Waals surface area contributed by atoms with Crippen molar-refractivity contribution in [1.82, 2.24) is 14.3 Å². The lowest BCUT2D eigenvalue weighted by Crippen LogP contribution is -2.40. The number of benzene rings is 2. The number of alkyl halides is 3. The van der Waals surface area contributed by atoms with E-state index in [0.29, 0.717) is 11.1 Å². The fraction of sp³-hybridized carbons (Fsp3) is 0.318. The molecule has 33 heavy (non-hydrogen) atoms. The molecule has 1 heterocycles. The number of hydrogen-bond acceptors (Lipinski definition) is 4. The van der Waals surface area contributed by atoms with Gasteiger partial charge >= 0.3 is 6.18 Å². The molecule has 0 atom stereocenters. The van der Waals surface area contributed by atoms with Crippen molar-refractivity contribution in [2.24, 2.45) is 5.73 Å². The van der Waals surface area contributed by atoms with Gasteiger partial charge in [-0.25, -0.2) is 22.5 Å². The van der Waals surface area contributed by atoms with Crippen molar-refractivity contribution in [3.05, 3.63) is 60.2 Å². The molecule has 0 aliphatic rings. The average Bonchev–Trinajstić information content (AvgIpc) is 3.05. The van der Waals surface area contributed by atoms with E-state index in [1.807, 2.05) is 0 Å². The Morgan fingerprint density at radius 1 is 1.12 bits per heavy atom. The van der Waals surface area contributed by atoms with Crippen LogP contribution in [0.1, 0.15) is 26.6 Å². The molecule has 0 aliphatic heterocycles. The van der Waals surface area contributed by atoms with E-state index >= 15 is 0 Å². The number of hydrogen-bond donors (Lipinski definition) is 2. The molecule has 3 N–H and O–H groups in total. The third-order valence-corrected chi connectivity index (χ3v) is 6.37. The third-order valence-electron chi connectivity index (χ3n) is 4.60. The van der Waals surface area contributed by atoms with E-state index in [0.717, 1.165) is 10.6 Å². The van der Waals surface area contributed by atoms with Gasteiger partial charge in [-0.15, -0.1) is 0 Å². The minimum Gasteiger partial charge on any atom is -0.327 e. The lowest BCUT2D eigenvalue weighted by atomic mass is 10.0. The summed E-state index contributed by atoms with van der Waals surface area (Å²) in [4.78, 5) is 3.79. The van der Waals surface area contributed by atoms with Crippen molar-refractivity contribution in [3.8, 4) is 11.1 Å². The highest BCUT2D eigenvalue weighted by Crippen LogP contribution is 2.36. The molecule has 0 bridgehead atoms. The highest BCUT2D eigenvalue weighted by atomic mass is 32.2. The zero-order valence-electron chi connectivity index (χ0n) is 18.2. The Balaban J connectivity index is 2.11. The number of fused-ring (bicyclic) bond motifs is 1. The van der Waals surface area contributed by atoms with Gasteiger partial charge in [-0.1, -0.05) is 24.3 Å². The zero-order chi connectivity index (χ0) is 24.6. The van der Waals surface area contributed by atoms with Gasteiger partial charge in [-0.3, -0.25) is 0 Å². The topological polar surface area (TPSA) is 90.0 Å². The number of imidazole rings is 1. The Kier molecular flexibility index (Phi) is 6.69. The summed E-state index contributed by atoms with van der Waals surface area (Å²) in [6, 6.07) is 10.2. The van der Waals surface area contributed by atoms with Gasteiger partial charge in [-0.2, -0.15) is 13.2 Å². The second kappa shape index (κ2) is 8.88. The normalized spacial score (nSPS) is 13.6. The van der Waals surface area contributed by atoms with Crippen LogP contribution in [0.3, 0.4) is 0 Å². The van der Waals surface area contributed by atoms with Gasteiger partial charge in [0.1, 0.15) is 5.83 Å². The summed E-state index contributed by atoms with van der Waals surface area (Å²) in [6.45, 7) is 4.31. The van der Waals surface area contributed by atoms with Crippen LogP contribution < -0.4 is 10.5 Å². The molecule has 0 amide bonds. The van der Waals surface area contributed by atoms with Crippen molar-refractivity contribution < 1.29 is 26.0 Å². The van der Waals surface area contributed by atoms with Gasteiger partial charge in [0.2, 0.25) is 15.8 Å². The van der Waals surface area contributed by atoms with E-state index < -0.39 is 39.9 Å². The molecule has 0 spiro atoms. The number of aromatic nitrogens is 2. The molecule has 11 heteroatoms. The molecule has 3 aromatic rings. The standard InChI is InChI=1S/C22H24F4N4O2S/c1-21(2,3)29-33(31,32)16-9-7-14(8-10-16)17-5-4-6-18-19(17)28-20(22(24,25)26)30(18)13-15(23)11-12-27/h4-11,29H,12-13,27H2,1-3H3. The van der Waals surface area contributed by atoms with Gasteiger partial charge in [0, 0.05) is 17.6 Å². The van der Waals surface area contributed by atoms with Crippen LogP contribution in [0, 0.1) is 0 Å². The second-order valence-corrected chi connectivity index (χ2v) is 10.1. The minimum atomic E-state index is -4.81. The van der Waals surface area contributed by atoms with E-state index in [-0.39, 0.29) is 22.5 Å². The number of nitrogens with zero attached hydrogens (tertiary/aromatic N) is 2. The molecular weight excluding hydrogens is 460 g/mol. The molecule has 0 fully saturated rings. The Hall–Kier alpha value is -2.76. The molecule has 0 saturated carbocycles. The van der Waals surface area contributed by atoms with Crippen LogP contribution in [0.15, 0.2) is 59.3 Å². The quantitative estimate of drug-likeness (QED) is 0.500. The van der Waals surface area contributed by atoms with E-state index in [2.05, 4.69) is 9.71 Å². The SMILES string of the molecule is CC(C)(C)NS(=O)(=O)c1ccc(-c2cccc3c2nc(C(F)(F)F)n3CC(F)=CCN)cc1. The predicted octanol–water partition coefficient (Wildman–Crippen LogP) is 4.61. The van der Waals surface area contributed by atoms with Gasteiger partial charge in [0.25, 0.3) is 0 Å². The van der Waals surface area contributed by atoms with E-state index in [1.165, 1.54) is 36.4 Å². The summed E-state index contributed by atoms with van der Waals surface area (Å²) in [5.74, 6) is -2.05. The molecule has 0 radical (unpaired) electrons. The van der Waals surface area contributed by atoms with Crippen LogP contribution in [0.4, 0.5) is 17.6 Å². The third kappa shape index (κ3) is 5.60. The molecule has 1 aromatic heterocycles. The average molecular weight is 485 g/mol. The summed E-state index contributed by atoms with van der Waals surface area (Å²) in [7, 11) is -3.78. The first-order valence-electron chi connectivity index (χ1n) is 9.98. The number of para-hydroxylation sites is 1.